The number of aromatic nitrogens is 1. The fourth-order valence-corrected chi connectivity index (χ4v) is 3.07. The summed E-state index contributed by atoms with van der Waals surface area (Å²) in [6.45, 7) is 4.34. The zero-order valence-corrected chi connectivity index (χ0v) is 14.5. The molecule has 1 aromatic carbocycles. The highest BCUT2D eigenvalue weighted by Crippen LogP contribution is 2.31. The largest absolute Gasteiger partial charge is 0.329 e. The van der Waals surface area contributed by atoms with Gasteiger partial charge in [-0.15, -0.1) is 12.4 Å². The van der Waals surface area contributed by atoms with E-state index in [9.17, 15) is 4.79 Å². The molecule has 0 spiro atoms. The Balaban J connectivity index is 0.00000242. The monoisotopic (exact) mass is 339 g/mol. The Labute approximate surface area is 141 Å². The molecule has 0 atom stereocenters. The average molecular weight is 340 g/mol. The number of amides is 1. The Morgan fingerprint density at radius 3 is 2.45 bits per heavy atom. The van der Waals surface area contributed by atoms with Gasteiger partial charge in [-0.1, -0.05) is 55.5 Å². The number of nitrogens with one attached hydrogen (secondary N) is 1. The maximum atomic E-state index is 12.4. The molecule has 1 aromatic heterocycles. The third kappa shape index (κ3) is 3.85. The molecule has 22 heavy (non-hydrogen) atoms. The van der Waals surface area contributed by atoms with Crippen molar-refractivity contribution in [2.75, 3.05) is 11.9 Å². The lowest BCUT2D eigenvalue weighted by molar-refractivity contribution is -0.125. The Kier molecular flexibility index (Phi) is 7.00. The van der Waals surface area contributed by atoms with E-state index in [1.54, 1.807) is 6.20 Å². The van der Waals surface area contributed by atoms with E-state index in [0.29, 0.717) is 11.7 Å². The van der Waals surface area contributed by atoms with E-state index in [4.69, 9.17) is 5.73 Å². The van der Waals surface area contributed by atoms with Gasteiger partial charge in [0.2, 0.25) is 5.91 Å². The zero-order valence-electron chi connectivity index (χ0n) is 12.8. The van der Waals surface area contributed by atoms with Gasteiger partial charge in [0.1, 0.15) is 0 Å². The van der Waals surface area contributed by atoms with Gasteiger partial charge in [0.05, 0.1) is 10.3 Å². The maximum absolute atomic E-state index is 12.4. The minimum absolute atomic E-state index is 0. The molecule has 2 aromatic rings. The molecule has 2 rings (SSSR count). The lowest BCUT2D eigenvalue weighted by Gasteiger charge is -2.27. The average Bonchev–Trinajstić information content (AvgIpc) is 2.99. The van der Waals surface area contributed by atoms with Crippen molar-refractivity contribution < 1.29 is 4.79 Å². The van der Waals surface area contributed by atoms with E-state index in [1.807, 2.05) is 44.2 Å². The number of anilines is 1. The molecule has 0 saturated carbocycles. The molecule has 0 bridgehead atoms. The van der Waals surface area contributed by atoms with Crippen molar-refractivity contribution in [2.45, 2.75) is 26.7 Å². The Bertz CT molecular complexity index is 588. The first-order valence-electron chi connectivity index (χ1n) is 7.18. The summed E-state index contributed by atoms with van der Waals surface area (Å²) in [7, 11) is 0. The minimum atomic E-state index is -0.501. The Morgan fingerprint density at radius 1 is 1.27 bits per heavy atom. The molecule has 6 heteroatoms. The summed E-state index contributed by atoms with van der Waals surface area (Å²) in [4.78, 5) is 17.8. The van der Waals surface area contributed by atoms with E-state index in [0.717, 1.165) is 23.3 Å². The van der Waals surface area contributed by atoms with Crippen LogP contribution < -0.4 is 11.1 Å². The SMILES string of the molecule is CCC(CC)(CN)C(=O)Nc1ncc(-c2ccccc2)s1.Cl. The summed E-state index contributed by atoms with van der Waals surface area (Å²) < 4.78 is 0. The molecule has 0 aliphatic carbocycles. The molecule has 1 heterocycles. The van der Waals surface area contributed by atoms with Gasteiger partial charge >= 0.3 is 0 Å². The molecule has 1 amide bonds. The third-order valence-corrected chi connectivity index (χ3v) is 4.97. The number of carbonyl (C=O) groups is 1. The van der Waals surface area contributed by atoms with Gasteiger partial charge in [-0.05, 0) is 18.4 Å². The molecule has 4 nitrogen and oxygen atoms in total. The molecule has 0 saturated heterocycles. The maximum Gasteiger partial charge on any atom is 0.233 e. The van der Waals surface area contributed by atoms with Crippen LogP contribution in [0.25, 0.3) is 10.4 Å². The molecular weight excluding hydrogens is 318 g/mol. The van der Waals surface area contributed by atoms with Crippen LogP contribution in [0.4, 0.5) is 5.13 Å². The third-order valence-electron chi connectivity index (χ3n) is 4.01. The van der Waals surface area contributed by atoms with Gasteiger partial charge in [0, 0.05) is 12.7 Å². The highest BCUT2D eigenvalue weighted by atomic mass is 35.5. The Morgan fingerprint density at radius 2 is 1.91 bits per heavy atom. The lowest BCUT2D eigenvalue weighted by Crippen LogP contribution is -2.41. The fraction of sp³-hybridized carbons (Fsp3) is 0.375. The van der Waals surface area contributed by atoms with Crippen LogP contribution in [-0.4, -0.2) is 17.4 Å². The molecular formula is C16H22ClN3OS. The van der Waals surface area contributed by atoms with Gasteiger partial charge in [-0.25, -0.2) is 4.98 Å². The number of benzene rings is 1. The van der Waals surface area contributed by atoms with Crippen molar-refractivity contribution in [1.29, 1.82) is 0 Å². The summed E-state index contributed by atoms with van der Waals surface area (Å²) in [5, 5.41) is 3.54. The summed E-state index contributed by atoms with van der Waals surface area (Å²) in [6.07, 6.45) is 3.24. The van der Waals surface area contributed by atoms with E-state index < -0.39 is 5.41 Å². The number of halogens is 1. The molecule has 0 fully saturated rings. The predicted octanol–water partition coefficient (Wildman–Crippen LogP) is 3.94. The predicted molar refractivity (Wildman–Crippen MR) is 95.5 cm³/mol. The van der Waals surface area contributed by atoms with Crippen molar-refractivity contribution in [1.82, 2.24) is 4.98 Å². The van der Waals surface area contributed by atoms with Crippen LogP contribution >= 0.6 is 23.7 Å². The quantitative estimate of drug-likeness (QED) is 0.837. The van der Waals surface area contributed by atoms with Crippen LogP contribution in [0.2, 0.25) is 0 Å². The molecule has 0 unspecified atom stereocenters. The first kappa shape index (κ1) is 18.6. The van der Waals surface area contributed by atoms with Crippen LogP contribution in [-0.2, 0) is 4.79 Å². The molecule has 0 aliphatic rings. The summed E-state index contributed by atoms with van der Waals surface area (Å²) in [5.74, 6) is -0.0380. The number of rotatable bonds is 6. The Hall–Kier alpha value is -1.43. The van der Waals surface area contributed by atoms with E-state index >= 15 is 0 Å². The van der Waals surface area contributed by atoms with Crippen molar-refractivity contribution in [3.8, 4) is 10.4 Å². The van der Waals surface area contributed by atoms with Crippen LogP contribution in [0.15, 0.2) is 36.5 Å². The lowest BCUT2D eigenvalue weighted by atomic mass is 9.81. The summed E-state index contributed by atoms with van der Waals surface area (Å²) in [5.41, 5.74) is 6.40. The van der Waals surface area contributed by atoms with Gasteiger partial charge in [0.25, 0.3) is 0 Å². The number of nitrogens with zero attached hydrogens (tertiary/aromatic N) is 1. The van der Waals surface area contributed by atoms with Crippen LogP contribution in [0.3, 0.4) is 0 Å². The van der Waals surface area contributed by atoms with Gasteiger partial charge in [-0.3, -0.25) is 4.79 Å². The van der Waals surface area contributed by atoms with E-state index in [1.165, 1.54) is 11.3 Å². The zero-order chi connectivity index (χ0) is 15.3. The number of hydrogen-bond acceptors (Lipinski definition) is 4. The second-order valence-electron chi connectivity index (χ2n) is 5.04. The van der Waals surface area contributed by atoms with E-state index in [-0.39, 0.29) is 18.3 Å². The van der Waals surface area contributed by atoms with E-state index in [2.05, 4.69) is 10.3 Å². The molecule has 0 radical (unpaired) electrons. The smallest absolute Gasteiger partial charge is 0.233 e. The highest BCUT2D eigenvalue weighted by molar-refractivity contribution is 7.19. The number of hydrogen-bond donors (Lipinski definition) is 2. The number of thiazole rings is 1. The molecule has 0 aliphatic heterocycles. The van der Waals surface area contributed by atoms with Gasteiger partial charge < -0.3 is 11.1 Å². The van der Waals surface area contributed by atoms with Crippen LogP contribution in [0.1, 0.15) is 26.7 Å². The normalized spacial score (nSPS) is 10.9. The number of carbonyl (C=O) groups excluding carboxylic acids is 1. The van der Waals surface area contributed by atoms with Crippen molar-refractivity contribution in [3.63, 3.8) is 0 Å². The standard InChI is InChI=1S/C16H21N3OS.ClH/c1-3-16(4-2,11-17)14(20)19-15-18-10-13(21-15)12-8-6-5-7-9-12;/h5-10H,3-4,11,17H2,1-2H3,(H,18,19,20);1H. The van der Waals surface area contributed by atoms with Crippen LogP contribution in [0, 0.1) is 5.41 Å². The molecule has 120 valence electrons. The summed E-state index contributed by atoms with van der Waals surface area (Å²) >= 11 is 1.48. The van der Waals surface area contributed by atoms with Crippen molar-refractivity contribution >= 4 is 34.8 Å². The molecule has 3 N–H and O–H groups in total. The summed E-state index contributed by atoms with van der Waals surface area (Å²) in [6, 6.07) is 10.0. The fourth-order valence-electron chi connectivity index (χ4n) is 2.25. The van der Waals surface area contributed by atoms with Crippen molar-refractivity contribution in [3.05, 3.63) is 36.5 Å². The second-order valence-corrected chi connectivity index (χ2v) is 6.07. The van der Waals surface area contributed by atoms with Gasteiger partial charge in [0.15, 0.2) is 5.13 Å². The first-order valence-corrected chi connectivity index (χ1v) is 7.99. The van der Waals surface area contributed by atoms with Crippen molar-refractivity contribution in [2.24, 2.45) is 11.1 Å². The highest BCUT2D eigenvalue weighted by Gasteiger charge is 2.33. The topological polar surface area (TPSA) is 68.0 Å². The first-order chi connectivity index (χ1) is 10.1. The second kappa shape index (κ2) is 8.27. The number of nitrogens with two attached hydrogens (primary N) is 1. The minimum Gasteiger partial charge on any atom is -0.329 e. The van der Waals surface area contributed by atoms with Crippen LogP contribution in [0.5, 0.6) is 0 Å². The van der Waals surface area contributed by atoms with Gasteiger partial charge in [-0.2, -0.15) is 0 Å².